The molecule has 15 heavy (non-hydrogen) atoms. The smallest absolute Gasteiger partial charge is 0.164 e. The molecule has 0 unspecified atom stereocenters. The molecule has 3 nitrogen and oxygen atoms in total. The van der Waals surface area contributed by atoms with Crippen molar-refractivity contribution >= 4 is 0 Å². The van der Waals surface area contributed by atoms with E-state index in [1.807, 2.05) is 0 Å². The maximum absolute atomic E-state index is 9.97. The molecule has 82 valence electrons. The van der Waals surface area contributed by atoms with Crippen molar-refractivity contribution in [2.45, 2.75) is 25.7 Å². The average Bonchev–Trinajstić information content (AvgIpc) is 2.30. The highest BCUT2D eigenvalue weighted by atomic mass is 16.5. The summed E-state index contributed by atoms with van der Waals surface area (Å²) in [7, 11) is 3.21. The minimum Gasteiger partial charge on any atom is -0.504 e. The van der Waals surface area contributed by atoms with E-state index in [2.05, 4.69) is 0 Å². The third kappa shape index (κ3) is 1.62. The molecular formula is C12H16O3. The molecule has 1 aliphatic rings. The second-order valence-corrected chi connectivity index (χ2v) is 3.79. The van der Waals surface area contributed by atoms with Crippen molar-refractivity contribution in [2.75, 3.05) is 14.2 Å². The van der Waals surface area contributed by atoms with Gasteiger partial charge in [-0.15, -0.1) is 0 Å². The molecule has 1 aromatic carbocycles. The van der Waals surface area contributed by atoms with Gasteiger partial charge in [-0.1, -0.05) is 0 Å². The van der Waals surface area contributed by atoms with Crippen LogP contribution in [0.2, 0.25) is 0 Å². The summed E-state index contributed by atoms with van der Waals surface area (Å²) in [4.78, 5) is 0. The lowest BCUT2D eigenvalue weighted by Crippen LogP contribution is -2.06. The van der Waals surface area contributed by atoms with E-state index in [-0.39, 0.29) is 5.75 Å². The summed E-state index contributed by atoms with van der Waals surface area (Å²) < 4.78 is 10.4. The molecule has 0 aliphatic heterocycles. The van der Waals surface area contributed by atoms with Gasteiger partial charge in [0.15, 0.2) is 11.5 Å². The highest BCUT2D eigenvalue weighted by molar-refractivity contribution is 5.57. The van der Waals surface area contributed by atoms with E-state index in [1.165, 1.54) is 0 Å². The fourth-order valence-corrected chi connectivity index (χ4v) is 2.20. The molecule has 0 bridgehead atoms. The van der Waals surface area contributed by atoms with Crippen molar-refractivity contribution in [1.29, 1.82) is 0 Å². The van der Waals surface area contributed by atoms with Gasteiger partial charge < -0.3 is 14.6 Å². The van der Waals surface area contributed by atoms with Crippen LogP contribution in [0.1, 0.15) is 24.0 Å². The molecule has 0 atom stereocenters. The Bertz CT molecular complexity index is 372. The number of benzene rings is 1. The van der Waals surface area contributed by atoms with E-state index >= 15 is 0 Å². The molecule has 3 heteroatoms. The molecule has 1 N–H and O–H groups in total. The Morgan fingerprint density at radius 2 is 1.60 bits per heavy atom. The van der Waals surface area contributed by atoms with Crippen LogP contribution in [0.15, 0.2) is 6.07 Å². The van der Waals surface area contributed by atoms with E-state index in [9.17, 15) is 5.11 Å². The van der Waals surface area contributed by atoms with Crippen molar-refractivity contribution in [2.24, 2.45) is 0 Å². The van der Waals surface area contributed by atoms with Crippen molar-refractivity contribution in [1.82, 2.24) is 0 Å². The summed E-state index contributed by atoms with van der Waals surface area (Å²) in [5, 5.41) is 9.97. The number of hydrogen-bond acceptors (Lipinski definition) is 3. The van der Waals surface area contributed by atoms with Crippen LogP contribution in [-0.2, 0) is 12.8 Å². The molecule has 0 spiro atoms. The van der Waals surface area contributed by atoms with Crippen LogP contribution < -0.4 is 9.47 Å². The Morgan fingerprint density at radius 1 is 1.00 bits per heavy atom. The molecule has 1 aromatic rings. The maximum Gasteiger partial charge on any atom is 0.164 e. The van der Waals surface area contributed by atoms with Crippen LogP contribution in [-0.4, -0.2) is 19.3 Å². The number of ether oxygens (including phenoxy) is 2. The van der Waals surface area contributed by atoms with Crippen LogP contribution in [0, 0.1) is 0 Å². The fourth-order valence-electron chi connectivity index (χ4n) is 2.20. The first-order valence-electron chi connectivity index (χ1n) is 5.23. The first-order chi connectivity index (χ1) is 7.27. The van der Waals surface area contributed by atoms with Gasteiger partial charge in [-0.3, -0.25) is 0 Å². The van der Waals surface area contributed by atoms with Crippen molar-refractivity contribution in [3.8, 4) is 17.2 Å². The Labute approximate surface area is 89.6 Å². The minimum atomic E-state index is 0.285. The summed E-state index contributed by atoms with van der Waals surface area (Å²) in [5.41, 5.74) is 2.14. The topological polar surface area (TPSA) is 38.7 Å². The zero-order valence-electron chi connectivity index (χ0n) is 9.17. The first kappa shape index (κ1) is 10.1. The number of phenolic OH excluding ortho intramolecular Hbond substituents is 1. The predicted octanol–water partition coefficient (Wildman–Crippen LogP) is 2.29. The molecule has 0 aromatic heterocycles. The van der Waals surface area contributed by atoms with Gasteiger partial charge in [-0.25, -0.2) is 0 Å². The van der Waals surface area contributed by atoms with Gasteiger partial charge in [0.25, 0.3) is 0 Å². The lowest BCUT2D eigenvalue weighted by molar-refractivity contribution is 0.356. The molecule has 0 amide bonds. The van der Waals surface area contributed by atoms with Crippen molar-refractivity contribution in [3.05, 3.63) is 17.2 Å². The second-order valence-electron chi connectivity index (χ2n) is 3.79. The molecular weight excluding hydrogens is 192 g/mol. The number of hydrogen-bond donors (Lipinski definition) is 1. The van der Waals surface area contributed by atoms with Crippen LogP contribution in [0.4, 0.5) is 0 Å². The zero-order valence-corrected chi connectivity index (χ0v) is 9.17. The molecule has 1 aliphatic carbocycles. The third-order valence-corrected chi connectivity index (χ3v) is 2.99. The number of rotatable bonds is 2. The molecule has 0 saturated heterocycles. The van der Waals surface area contributed by atoms with Gasteiger partial charge in [-0.05, 0) is 25.7 Å². The van der Waals surface area contributed by atoms with Gasteiger partial charge in [0.2, 0.25) is 0 Å². The number of methoxy groups -OCH3 is 2. The molecule has 2 rings (SSSR count). The summed E-state index contributed by atoms with van der Waals surface area (Å²) in [6, 6.07) is 1.76. The standard InChI is InChI=1S/C12H16O3/c1-14-10-7-11(15-2)12(13)9-6-4-3-5-8(9)10/h7,13H,3-6H2,1-2H3. The van der Waals surface area contributed by atoms with Crippen LogP contribution >= 0.6 is 0 Å². The van der Waals surface area contributed by atoms with Crippen molar-refractivity contribution < 1.29 is 14.6 Å². The summed E-state index contributed by atoms with van der Waals surface area (Å²) >= 11 is 0. The number of phenols is 1. The third-order valence-electron chi connectivity index (χ3n) is 2.99. The van der Waals surface area contributed by atoms with Gasteiger partial charge in [-0.2, -0.15) is 0 Å². The predicted molar refractivity (Wildman–Crippen MR) is 57.9 cm³/mol. The van der Waals surface area contributed by atoms with Gasteiger partial charge in [0.1, 0.15) is 5.75 Å². The minimum absolute atomic E-state index is 0.285. The maximum atomic E-state index is 9.97. The van der Waals surface area contributed by atoms with E-state index < -0.39 is 0 Å². The van der Waals surface area contributed by atoms with E-state index in [4.69, 9.17) is 9.47 Å². The first-order valence-corrected chi connectivity index (χ1v) is 5.23. The van der Waals surface area contributed by atoms with Gasteiger partial charge >= 0.3 is 0 Å². The van der Waals surface area contributed by atoms with Crippen LogP contribution in [0.3, 0.4) is 0 Å². The average molecular weight is 208 g/mol. The molecule has 0 fully saturated rings. The van der Waals surface area contributed by atoms with E-state index in [1.54, 1.807) is 20.3 Å². The summed E-state index contributed by atoms with van der Waals surface area (Å²) in [6.07, 6.45) is 4.18. The van der Waals surface area contributed by atoms with E-state index in [0.717, 1.165) is 42.6 Å². The Morgan fingerprint density at radius 3 is 2.20 bits per heavy atom. The quantitative estimate of drug-likeness (QED) is 0.810. The second kappa shape index (κ2) is 4.01. The van der Waals surface area contributed by atoms with Crippen LogP contribution in [0.5, 0.6) is 17.2 Å². The zero-order chi connectivity index (χ0) is 10.8. The fraction of sp³-hybridized carbons (Fsp3) is 0.500. The lowest BCUT2D eigenvalue weighted by atomic mass is 9.90. The van der Waals surface area contributed by atoms with E-state index in [0.29, 0.717) is 5.75 Å². The number of aromatic hydroxyl groups is 1. The molecule has 0 heterocycles. The largest absolute Gasteiger partial charge is 0.504 e. The number of fused-ring (bicyclic) bond motifs is 1. The molecule has 0 radical (unpaired) electrons. The highest BCUT2D eigenvalue weighted by Gasteiger charge is 2.21. The Balaban J connectivity index is 2.58. The monoisotopic (exact) mass is 208 g/mol. The van der Waals surface area contributed by atoms with Crippen LogP contribution in [0.25, 0.3) is 0 Å². The summed E-state index contributed by atoms with van der Waals surface area (Å²) in [6.45, 7) is 0. The Hall–Kier alpha value is -1.38. The van der Waals surface area contributed by atoms with Gasteiger partial charge in [0, 0.05) is 17.2 Å². The summed E-state index contributed by atoms with van der Waals surface area (Å²) in [5.74, 6) is 1.62. The molecule has 0 saturated carbocycles. The Kier molecular flexibility index (Phi) is 2.71. The van der Waals surface area contributed by atoms with Gasteiger partial charge in [0.05, 0.1) is 14.2 Å². The normalized spacial score (nSPS) is 14.5. The SMILES string of the molecule is COc1cc(OC)c2c(c1O)CCCC2. The lowest BCUT2D eigenvalue weighted by Gasteiger charge is -2.21. The van der Waals surface area contributed by atoms with Crippen molar-refractivity contribution in [3.63, 3.8) is 0 Å². The highest BCUT2D eigenvalue weighted by Crippen LogP contribution is 2.41.